The summed E-state index contributed by atoms with van der Waals surface area (Å²) in [5.41, 5.74) is 8.33. The highest BCUT2D eigenvalue weighted by atomic mass is 35.5. The van der Waals surface area contributed by atoms with E-state index >= 15 is 0 Å². The maximum absolute atomic E-state index is 14.8. The van der Waals surface area contributed by atoms with Gasteiger partial charge in [0.1, 0.15) is 11.4 Å². The first-order chi connectivity index (χ1) is 15.7. The number of hydrogen-bond acceptors (Lipinski definition) is 5. The summed E-state index contributed by atoms with van der Waals surface area (Å²) < 4.78 is 81.5. The Bertz CT molecular complexity index is 1240. The van der Waals surface area contributed by atoms with Gasteiger partial charge in [-0.25, -0.2) is 12.8 Å². The summed E-state index contributed by atoms with van der Waals surface area (Å²) >= 11 is 5.80. The van der Waals surface area contributed by atoms with Crippen LogP contribution in [0.3, 0.4) is 0 Å². The van der Waals surface area contributed by atoms with Crippen molar-refractivity contribution < 1.29 is 36.0 Å². The summed E-state index contributed by atoms with van der Waals surface area (Å²) in [4.78, 5) is 12.0. The Hall–Kier alpha value is -2.90. The van der Waals surface area contributed by atoms with E-state index in [1.807, 2.05) is 0 Å². The van der Waals surface area contributed by atoms with Crippen LogP contribution in [0.15, 0.2) is 52.5 Å². The Morgan fingerprint density at radius 1 is 1.21 bits per heavy atom. The van der Waals surface area contributed by atoms with Gasteiger partial charge in [0, 0.05) is 29.1 Å². The van der Waals surface area contributed by atoms with Gasteiger partial charge in [0.25, 0.3) is 0 Å². The van der Waals surface area contributed by atoms with E-state index in [0.717, 1.165) is 24.3 Å². The normalized spacial score (nSPS) is 21.0. The quantitative estimate of drug-likeness (QED) is 0.161. The van der Waals surface area contributed by atoms with Crippen LogP contribution in [-0.4, -0.2) is 41.4 Å². The molecule has 1 fully saturated rings. The monoisotopic (exact) mass is 522 g/mol. The van der Waals surface area contributed by atoms with Crippen LogP contribution in [0.25, 0.3) is 0 Å². The standard InChI is InChI=1S/C20H19ClF4N4O4S/c21-14-3-5-15(6-4-14)34(32,33)29(19(18(27)30)8-13(19)9-20(23,24)25)10-12-2-1-11(7-16(12)22)17(26)28-31/h1-7,13,31H,8-10H2,(H2,26,28)(H2,27,30)/t13?,19-/m1/s1. The molecule has 5 N–H and O–H groups in total. The van der Waals surface area contributed by atoms with E-state index in [9.17, 15) is 30.8 Å². The molecule has 1 amide bonds. The van der Waals surface area contributed by atoms with E-state index in [4.69, 9.17) is 28.3 Å². The number of amidine groups is 1. The summed E-state index contributed by atoms with van der Waals surface area (Å²) in [5, 5.41) is 11.7. The average Bonchev–Trinajstić information content (AvgIpc) is 3.44. The topological polar surface area (TPSA) is 139 Å². The number of oxime groups is 1. The van der Waals surface area contributed by atoms with Crippen molar-refractivity contribution in [2.45, 2.75) is 36.0 Å². The van der Waals surface area contributed by atoms with Crippen LogP contribution in [0.1, 0.15) is 24.0 Å². The molecule has 0 radical (unpaired) electrons. The number of alkyl halides is 3. The second-order valence-electron chi connectivity index (χ2n) is 7.77. The van der Waals surface area contributed by atoms with E-state index in [2.05, 4.69) is 5.16 Å². The zero-order valence-electron chi connectivity index (χ0n) is 17.3. The van der Waals surface area contributed by atoms with Crippen LogP contribution in [0.4, 0.5) is 17.6 Å². The van der Waals surface area contributed by atoms with Gasteiger partial charge in [-0.05, 0) is 42.7 Å². The lowest BCUT2D eigenvalue weighted by atomic mass is 10.1. The minimum absolute atomic E-state index is 0.0261. The number of sulfonamides is 1. The van der Waals surface area contributed by atoms with Gasteiger partial charge in [0.05, 0.1) is 4.90 Å². The smallest absolute Gasteiger partial charge is 0.389 e. The predicted octanol–water partition coefficient (Wildman–Crippen LogP) is 2.96. The molecule has 1 saturated carbocycles. The molecule has 0 heterocycles. The summed E-state index contributed by atoms with van der Waals surface area (Å²) in [7, 11) is -4.64. The summed E-state index contributed by atoms with van der Waals surface area (Å²) in [6.45, 7) is -0.801. The molecule has 1 aliphatic rings. The molecule has 8 nitrogen and oxygen atoms in total. The van der Waals surface area contributed by atoms with E-state index in [1.165, 1.54) is 18.2 Å². The highest BCUT2D eigenvalue weighted by molar-refractivity contribution is 7.89. The van der Waals surface area contributed by atoms with Gasteiger partial charge >= 0.3 is 6.18 Å². The summed E-state index contributed by atoms with van der Waals surface area (Å²) in [6, 6.07) is 7.90. The summed E-state index contributed by atoms with van der Waals surface area (Å²) in [6.07, 6.45) is -6.63. The number of primary amides is 1. The fourth-order valence-electron chi connectivity index (χ4n) is 3.79. The van der Waals surface area contributed by atoms with Crippen LogP contribution in [0, 0.1) is 11.7 Å². The van der Waals surface area contributed by atoms with Gasteiger partial charge < -0.3 is 16.7 Å². The van der Waals surface area contributed by atoms with E-state index in [0.29, 0.717) is 4.31 Å². The molecule has 2 atom stereocenters. The van der Waals surface area contributed by atoms with Gasteiger partial charge in [-0.3, -0.25) is 4.79 Å². The van der Waals surface area contributed by atoms with E-state index < -0.39 is 64.6 Å². The molecule has 0 aliphatic heterocycles. The third-order valence-electron chi connectivity index (χ3n) is 5.59. The third kappa shape index (κ3) is 4.95. The number of nitrogens with two attached hydrogens (primary N) is 2. The molecule has 3 rings (SSSR count). The van der Waals surface area contributed by atoms with E-state index in [1.54, 1.807) is 0 Å². The molecular weight excluding hydrogens is 504 g/mol. The molecule has 0 spiro atoms. The predicted molar refractivity (Wildman–Crippen MR) is 114 cm³/mol. The van der Waals surface area contributed by atoms with Crippen LogP contribution in [0.2, 0.25) is 5.02 Å². The number of amides is 1. The van der Waals surface area contributed by atoms with Crippen molar-refractivity contribution in [1.82, 2.24) is 4.31 Å². The number of nitrogens with zero attached hydrogens (tertiary/aromatic N) is 2. The molecular formula is C20H19ClF4N4O4S. The first-order valence-corrected chi connectivity index (χ1v) is 11.5. The molecule has 0 aromatic heterocycles. The average molecular weight is 523 g/mol. The van der Waals surface area contributed by atoms with Crippen LogP contribution in [0.5, 0.6) is 0 Å². The fourth-order valence-corrected chi connectivity index (χ4v) is 5.70. The molecule has 0 saturated heterocycles. The maximum Gasteiger partial charge on any atom is 0.389 e. The number of carbonyl (C=O) groups is 1. The maximum atomic E-state index is 14.8. The van der Waals surface area contributed by atoms with E-state index in [-0.39, 0.29) is 21.0 Å². The third-order valence-corrected chi connectivity index (χ3v) is 7.75. The Morgan fingerprint density at radius 3 is 2.32 bits per heavy atom. The molecule has 14 heteroatoms. The number of halogens is 5. The summed E-state index contributed by atoms with van der Waals surface area (Å²) in [5.74, 6) is -4.15. The zero-order valence-corrected chi connectivity index (χ0v) is 18.8. The zero-order chi connectivity index (χ0) is 25.5. The molecule has 34 heavy (non-hydrogen) atoms. The number of hydrogen-bond donors (Lipinski definition) is 3. The lowest BCUT2D eigenvalue weighted by Gasteiger charge is -2.30. The minimum Gasteiger partial charge on any atom is -0.409 e. The van der Waals surface area contributed by atoms with Gasteiger partial charge in [-0.1, -0.05) is 28.9 Å². The number of carbonyl (C=O) groups excluding carboxylic acids is 1. The lowest BCUT2D eigenvalue weighted by molar-refractivity contribution is -0.142. The second-order valence-corrected chi connectivity index (χ2v) is 10.1. The molecule has 184 valence electrons. The molecule has 1 aliphatic carbocycles. The van der Waals surface area contributed by atoms with Crippen molar-refractivity contribution in [2.75, 3.05) is 0 Å². The van der Waals surface area contributed by atoms with Crippen molar-refractivity contribution in [1.29, 1.82) is 0 Å². The SMILES string of the molecule is NC(=O)[C@@]1(N(Cc2ccc(/C(N)=N/O)cc2F)S(=O)(=O)c2ccc(Cl)cc2)CC1CC(F)(F)F. The highest BCUT2D eigenvalue weighted by Gasteiger charge is 2.68. The van der Waals surface area contributed by atoms with Crippen molar-refractivity contribution in [3.63, 3.8) is 0 Å². The first-order valence-electron chi connectivity index (χ1n) is 9.64. The Kier molecular flexibility index (Phi) is 6.84. The molecule has 2 aromatic rings. The Balaban J connectivity index is 2.11. The van der Waals surface area contributed by atoms with Gasteiger partial charge in [-0.15, -0.1) is 0 Å². The van der Waals surface area contributed by atoms with Crippen molar-refractivity contribution in [3.05, 3.63) is 64.4 Å². The van der Waals surface area contributed by atoms with Crippen molar-refractivity contribution >= 4 is 33.4 Å². The molecule has 2 aromatic carbocycles. The van der Waals surface area contributed by atoms with Crippen molar-refractivity contribution in [3.8, 4) is 0 Å². The van der Waals surface area contributed by atoms with Gasteiger partial charge in [0.2, 0.25) is 15.9 Å². The minimum atomic E-state index is -4.69. The number of benzene rings is 2. The number of rotatable bonds is 8. The Labute approximate surface area is 196 Å². The first kappa shape index (κ1) is 25.7. The fraction of sp³-hybridized carbons (Fsp3) is 0.300. The van der Waals surface area contributed by atoms with Gasteiger partial charge in [0.15, 0.2) is 5.84 Å². The van der Waals surface area contributed by atoms with Crippen LogP contribution in [-0.2, 0) is 21.4 Å². The molecule has 1 unspecified atom stereocenters. The lowest BCUT2D eigenvalue weighted by Crippen LogP contribution is -2.51. The highest BCUT2D eigenvalue weighted by Crippen LogP contribution is 2.55. The largest absolute Gasteiger partial charge is 0.409 e. The van der Waals surface area contributed by atoms with Crippen LogP contribution >= 0.6 is 11.6 Å². The van der Waals surface area contributed by atoms with Gasteiger partial charge in [-0.2, -0.15) is 17.5 Å². The molecule has 0 bridgehead atoms. The van der Waals surface area contributed by atoms with Crippen molar-refractivity contribution in [2.24, 2.45) is 22.5 Å². The van der Waals surface area contributed by atoms with Crippen LogP contribution < -0.4 is 11.5 Å². The second kappa shape index (κ2) is 9.04. The Morgan fingerprint density at radius 2 is 1.82 bits per heavy atom.